The van der Waals surface area contributed by atoms with Gasteiger partial charge in [-0.3, -0.25) is 9.69 Å². The molecule has 2 aromatic carbocycles. The van der Waals surface area contributed by atoms with E-state index < -0.39 is 0 Å². The minimum absolute atomic E-state index is 0.0272. The monoisotopic (exact) mass is 371 g/mol. The summed E-state index contributed by atoms with van der Waals surface area (Å²) in [6.45, 7) is 5.02. The molecule has 1 aliphatic rings. The first-order valence-electron chi connectivity index (χ1n) is 9.79. The van der Waals surface area contributed by atoms with E-state index in [0.717, 1.165) is 18.8 Å². The number of amides is 1. The third-order valence-corrected chi connectivity index (χ3v) is 5.30. The van der Waals surface area contributed by atoms with Crippen molar-refractivity contribution >= 4 is 5.91 Å². The molecule has 0 bridgehead atoms. The van der Waals surface area contributed by atoms with Crippen LogP contribution < -0.4 is 0 Å². The van der Waals surface area contributed by atoms with Gasteiger partial charge < -0.3 is 4.90 Å². The van der Waals surface area contributed by atoms with E-state index in [1.165, 1.54) is 11.1 Å². The Kier molecular flexibility index (Phi) is 5.49. The molecule has 1 fully saturated rings. The lowest BCUT2D eigenvalue weighted by Crippen LogP contribution is -2.50. The van der Waals surface area contributed by atoms with Crippen LogP contribution in [-0.2, 0) is 0 Å². The van der Waals surface area contributed by atoms with Crippen molar-refractivity contribution in [3.63, 3.8) is 0 Å². The van der Waals surface area contributed by atoms with Gasteiger partial charge in [-0.05, 0) is 30.2 Å². The molecule has 4 nitrogen and oxygen atoms in total. The van der Waals surface area contributed by atoms with Gasteiger partial charge in [-0.15, -0.1) is 0 Å². The van der Waals surface area contributed by atoms with Gasteiger partial charge in [0.1, 0.15) is 5.69 Å². The average molecular weight is 371 g/mol. The van der Waals surface area contributed by atoms with Crippen molar-refractivity contribution in [1.82, 2.24) is 14.8 Å². The lowest BCUT2D eigenvalue weighted by Gasteiger charge is -2.39. The summed E-state index contributed by atoms with van der Waals surface area (Å²) in [6, 6.07) is 27.0. The number of carbonyl (C=O) groups excluding carboxylic acids is 1. The molecule has 0 spiro atoms. The van der Waals surface area contributed by atoms with Crippen molar-refractivity contribution in [3.8, 4) is 0 Å². The predicted octanol–water partition coefficient (Wildman–Crippen LogP) is 3.94. The first-order chi connectivity index (χ1) is 13.7. The number of hydrogen-bond donors (Lipinski definition) is 0. The molecule has 0 aliphatic carbocycles. The molecule has 1 aliphatic heterocycles. The van der Waals surface area contributed by atoms with Crippen molar-refractivity contribution in [1.29, 1.82) is 0 Å². The second-order valence-corrected chi connectivity index (χ2v) is 7.22. The zero-order valence-electron chi connectivity index (χ0n) is 16.2. The Hall–Kier alpha value is -2.98. The van der Waals surface area contributed by atoms with Crippen LogP contribution in [0.1, 0.15) is 33.4 Å². The maximum atomic E-state index is 12.8. The summed E-state index contributed by atoms with van der Waals surface area (Å²) < 4.78 is 0. The highest BCUT2D eigenvalue weighted by Crippen LogP contribution is 2.29. The number of aromatic nitrogens is 1. The Bertz CT molecular complexity index is 879. The van der Waals surface area contributed by atoms with Crippen LogP contribution in [0.2, 0.25) is 0 Å². The molecule has 4 rings (SSSR count). The third-order valence-electron chi connectivity index (χ3n) is 5.30. The van der Waals surface area contributed by atoms with Gasteiger partial charge in [-0.2, -0.15) is 0 Å². The predicted molar refractivity (Wildman–Crippen MR) is 111 cm³/mol. The Labute approximate surface area is 166 Å². The van der Waals surface area contributed by atoms with Crippen LogP contribution in [0.5, 0.6) is 0 Å². The summed E-state index contributed by atoms with van der Waals surface area (Å²) >= 11 is 0. The number of aryl methyl sites for hydroxylation is 1. The van der Waals surface area contributed by atoms with E-state index in [1.807, 2.05) is 24.0 Å². The Balaban J connectivity index is 1.51. The molecule has 1 saturated heterocycles. The quantitative estimate of drug-likeness (QED) is 0.697. The number of benzene rings is 2. The Morgan fingerprint density at radius 2 is 1.36 bits per heavy atom. The summed E-state index contributed by atoms with van der Waals surface area (Å²) in [4.78, 5) is 21.6. The summed E-state index contributed by atoms with van der Waals surface area (Å²) in [6.07, 6.45) is 0. The molecule has 0 N–H and O–H groups in total. The van der Waals surface area contributed by atoms with Crippen LogP contribution >= 0.6 is 0 Å². The molecule has 4 heteroatoms. The average Bonchev–Trinajstić information content (AvgIpc) is 2.75. The van der Waals surface area contributed by atoms with Crippen molar-refractivity contribution < 1.29 is 4.79 Å². The van der Waals surface area contributed by atoms with Crippen LogP contribution in [0.25, 0.3) is 0 Å². The van der Waals surface area contributed by atoms with Crippen molar-refractivity contribution in [3.05, 3.63) is 101 Å². The van der Waals surface area contributed by atoms with E-state index >= 15 is 0 Å². The molecule has 28 heavy (non-hydrogen) atoms. The summed E-state index contributed by atoms with van der Waals surface area (Å²) in [5.41, 5.74) is 3.98. The van der Waals surface area contributed by atoms with Gasteiger partial charge >= 0.3 is 0 Å². The van der Waals surface area contributed by atoms with E-state index in [2.05, 4.69) is 70.5 Å². The minimum atomic E-state index is 0.0272. The van der Waals surface area contributed by atoms with Gasteiger partial charge in [0.25, 0.3) is 5.91 Å². The maximum absolute atomic E-state index is 12.8. The minimum Gasteiger partial charge on any atom is -0.335 e. The molecule has 0 saturated carbocycles. The summed E-state index contributed by atoms with van der Waals surface area (Å²) in [5.74, 6) is 0.0272. The zero-order valence-corrected chi connectivity index (χ0v) is 16.2. The number of rotatable bonds is 4. The van der Waals surface area contributed by atoms with Crippen molar-refractivity contribution in [2.45, 2.75) is 13.0 Å². The highest BCUT2D eigenvalue weighted by atomic mass is 16.2. The van der Waals surface area contributed by atoms with Crippen LogP contribution in [0.4, 0.5) is 0 Å². The van der Waals surface area contributed by atoms with Gasteiger partial charge in [0.05, 0.1) is 6.04 Å². The maximum Gasteiger partial charge on any atom is 0.272 e. The molecule has 0 atom stereocenters. The molecule has 2 heterocycles. The third kappa shape index (κ3) is 3.97. The number of nitrogens with zero attached hydrogens (tertiary/aromatic N) is 3. The Morgan fingerprint density at radius 1 is 0.786 bits per heavy atom. The SMILES string of the molecule is Cc1cccc(C(=O)N2CCN(C(c3ccccc3)c3ccccc3)CC2)n1. The highest BCUT2D eigenvalue weighted by Gasteiger charge is 2.28. The fraction of sp³-hybridized carbons (Fsp3) is 0.250. The van der Waals surface area contributed by atoms with Crippen LogP contribution in [-0.4, -0.2) is 46.9 Å². The Morgan fingerprint density at radius 3 is 1.89 bits per heavy atom. The van der Waals surface area contributed by atoms with Crippen molar-refractivity contribution in [2.24, 2.45) is 0 Å². The van der Waals surface area contributed by atoms with Gasteiger partial charge in [-0.1, -0.05) is 66.7 Å². The van der Waals surface area contributed by atoms with Gasteiger partial charge in [0.2, 0.25) is 0 Å². The fourth-order valence-electron chi connectivity index (χ4n) is 3.89. The van der Waals surface area contributed by atoms with Crippen molar-refractivity contribution in [2.75, 3.05) is 26.2 Å². The van der Waals surface area contributed by atoms with E-state index in [1.54, 1.807) is 6.07 Å². The molecular weight excluding hydrogens is 346 g/mol. The van der Waals surface area contributed by atoms with Gasteiger partial charge in [0.15, 0.2) is 0 Å². The van der Waals surface area contributed by atoms with E-state index in [-0.39, 0.29) is 11.9 Å². The number of pyridine rings is 1. The lowest BCUT2D eigenvalue weighted by molar-refractivity contribution is 0.0591. The van der Waals surface area contributed by atoms with Crippen LogP contribution in [0.15, 0.2) is 78.9 Å². The molecule has 0 radical (unpaired) electrons. The lowest BCUT2D eigenvalue weighted by atomic mass is 9.96. The largest absolute Gasteiger partial charge is 0.335 e. The summed E-state index contributed by atoms with van der Waals surface area (Å²) in [5, 5.41) is 0. The zero-order chi connectivity index (χ0) is 19.3. The second-order valence-electron chi connectivity index (χ2n) is 7.22. The van der Waals surface area contributed by atoms with Gasteiger partial charge in [0, 0.05) is 31.9 Å². The number of piperazine rings is 1. The molecule has 1 aromatic heterocycles. The number of carbonyl (C=O) groups is 1. The standard InChI is InChI=1S/C24H25N3O/c1-19-9-8-14-22(25-19)24(28)27-17-15-26(16-18-27)23(20-10-4-2-5-11-20)21-12-6-3-7-13-21/h2-14,23H,15-18H2,1H3. The van der Waals surface area contributed by atoms with Crippen LogP contribution in [0, 0.1) is 6.92 Å². The molecule has 1 amide bonds. The highest BCUT2D eigenvalue weighted by molar-refractivity contribution is 5.92. The summed E-state index contributed by atoms with van der Waals surface area (Å²) in [7, 11) is 0. The molecule has 142 valence electrons. The van der Waals surface area contributed by atoms with E-state index in [0.29, 0.717) is 18.8 Å². The van der Waals surface area contributed by atoms with Crippen LogP contribution in [0.3, 0.4) is 0 Å². The second kappa shape index (κ2) is 8.36. The first-order valence-corrected chi connectivity index (χ1v) is 9.79. The normalized spacial score (nSPS) is 15.0. The number of hydrogen-bond acceptors (Lipinski definition) is 3. The topological polar surface area (TPSA) is 36.4 Å². The smallest absolute Gasteiger partial charge is 0.272 e. The fourth-order valence-corrected chi connectivity index (χ4v) is 3.89. The van der Waals surface area contributed by atoms with Gasteiger partial charge in [-0.25, -0.2) is 4.98 Å². The molecule has 0 unspecified atom stereocenters. The molecular formula is C24H25N3O. The first kappa shape index (κ1) is 18.4. The van der Waals surface area contributed by atoms with E-state index in [4.69, 9.17) is 0 Å². The molecule has 3 aromatic rings. The van der Waals surface area contributed by atoms with E-state index in [9.17, 15) is 4.79 Å².